The van der Waals surface area contributed by atoms with E-state index in [4.69, 9.17) is 4.52 Å². The number of aromatic nitrogens is 4. The lowest BCUT2D eigenvalue weighted by Crippen LogP contribution is -2.53. The Morgan fingerprint density at radius 2 is 2.22 bits per heavy atom. The van der Waals surface area contributed by atoms with Crippen molar-refractivity contribution in [3.8, 4) is 0 Å². The molecule has 1 aromatic carbocycles. The van der Waals surface area contributed by atoms with Gasteiger partial charge in [0.2, 0.25) is 5.27 Å². The van der Waals surface area contributed by atoms with Crippen molar-refractivity contribution in [1.29, 1.82) is 0 Å². The highest BCUT2D eigenvalue weighted by atomic mass is 32.2. The molecule has 0 radical (unpaired) electrons. The summed E-state index contributed by atoms with van der Waals surface area (Å²) in [6, 6.07) is 7.42. The third-order valence-corrected chi connectivity index (χ3v) is 5.04. The van der Waals surface area contributed by atoms with Crippen molar-refractivity contribution in [2.24, 2.45) is 4.99 Å². The molecule has 1 fully saturated rings. The van der Waals surface area contributed by atoms with Crippen LogP contribution in [0.1, 0.15) is 18.9 Å². The highest BCUT2D eigenvalue weighted by Crippen LogP contribution is 2.36. The molecule has 0 aliphatic heterocycles. The number of benzene rings is 1. The van der Waals surface area contributed by atoms with Gasteiger partial charge in [0.25, 0.3) is 11.8 Å². The summed E-state index contributed by atoms with van der Waals surface area (Å²) in [5, 5.41) is 18.8. The summed E-state index contributed by atoms with van der Waals surface area (Å²) in [5.74, 6) is -0.202. The van der Waals surface area contributed by atoms with Gasteiger partial charge in [-0.25, -0.2) is 9.98 Å². The van der Waals surface area contributed by atoms with Gasteiger partial charge in [-0.05, 0) is 30.9 Å². The molecule has 140 valence electrons. The number of hydrogen-bond acceptors (Lipinski definition) is 8. The fourth-order valence-corrected chi connectivity index (χ4v) is 3.48. The molecule has 9 nitrogen and oxygen atoms in total. The molecular formula is C17H18N6O3S. The van der Waals surface area contributed by atoms with Gasteiger partial charge in [-0.3, -0.25) is 13.9 Å². The summed E-state index contributed by atoms with van der Waals surface area (Å²) >= 11 is 1.21. The lowest BCUT2D eigenvalue weighted by Gasteiger charge is -2.14. The molecule has 0 spiro atoms. The zero-order valence-corrected chi connectivity index (χ0v) is 15.7. The van der Waals surface area contributed by atoms with E-state index in [9.17, 15) is 9.90 Å². The summed E-state index contributed by atoms with van der Waals surface area (Å²) in [4.78, 5) is 22.7. The van der Waals surface area contributed by atoms with Crippen molar-refractivity contribution in [3.05, 3.63) is 40.8 Å². The predicted molar refractivity (Wildman–Crippen MR) is 98.9 cm³/mol. The monoisotopic (exact) mass is 386 g/mol. The van der Waals surface area contributed by atoms with Crippen molar-refractivity contribution in [2.75, 3.05) is 24.9 Å². The Bertz CT molecular complexity index is 1070. The molecule has 1 saturated carbocycles. The predicted octanol–water partition coefficient (Wildman–Crippen LogP) is 0.387. The van der Waals surface area contributed by atoms with Crippen LogP contribution in [0.5, 0.6) is 0 Å². The molecule has 0 amide bonds. The number of rotatable bonds is 6. The SMILES string of the molecule is CN(C)[n+]1cc(/N=C(\[O-])CSc2nc3ccccc3c(=O)n2C2CC2)on1. The maximum absolute atomic E-state index is 12.8. The topological polar surface area (TPSA) is 103 Å². The van der Waals surface area contributed by atoms with E-state index in [1.54, 1.807) is 35.8 Å². The lowest BCUT2D eigenvalue weighted by molar-refractivity contribution is -0.753. The van der Waals surface area contributed by atoms with Crippen LogP contribution >= 0.6 is 11.8 Å². The lowest BCUT2D eigenvalue weighted by atomic mass is 10.2. The van der Waals surface area contributed by atoms with Crippen LogP contribution < -0.4 is 20.5 Å². The Morgan fingerprint density at radius 1 is 1.44 bits per heavy atom. The average molecular weight is 386 g/mol. The van der Waals surface area contributed by atoms with Crippen molar-refractivity contribution in [2.45, 2.75) is 24.0 Å². The molecule has 1 aliphatic rings. The number of aliphatic imine (C=N–C) groups is 1. The summed E-state index contributed by atoms with van der Waals surface area (Å²) in [6.07, 6.45) is 3.42. The van der Waals surface area contributed by atoms with Gasteiger partial charge in [-0.15, -0.1) is 0 Å². The molecule has 0 saturated heterocycles. The minimum Gasteiger partial charge on any atom is -0.861 e. The number of nitrogens with zero attached hydrogens (tertiary/aromatic N) is 6. The average Bonchev–Trinajstić information content (AvgIpc) is 3.37. The second-order valence-electron chi connectivity index (χ2n) is 6.42. The van der Waals surface area contributed by atoms with Gasteiger partial charge < -0.3 is 5.11 Å². The van der Waals surface area contributed by atoms with Gasteiger partial charge in [0, 0.05) is 11.8 Å². The molecule has 2 aromatic heterocycles. The van der Waals surface area contributed by atoms with Crippen molar-refractivity contribution < 1.29 is 14.4 Å². The Morgan fingerprint density at radius 3 is 2.93 bits per heavy atom. The molecule has 4 rings (SSSR count). The van der Waals surface area contributed by atoms with Crippen LogP contribution in [-0.2, 0) is 0 Å². The molecule has 0 atom stereocenters. The molecule has 0 unspecified atom stereocenters. The van der Waals surface area contributed by atoms with Crippen LogP contribution in [0.3, 0.4) is 0 Å². The Labute approximate surface area is 158 Å². The van der Waals surface area contributed by atoms with E-state index in [2.05, 4.69) is 15.2 Å². The first kappa shape index (κ1) is 17.5. The van der Waals surface area contributed by atoms with Gasteiger partial charge in [0.1, 0.15) is 0 Å². The number of fused-ring (bicyclic) bond motifs is 1. The number of hydrogen-bond donors (Lipinski definition) is 0. The smallest absolute Gasteiger partial charge is 0.324 e. The Kier molecular flexibility index (Phi) is 4.56. The van der Waals surface area contributed by atoms with Crippen molar-refractivity contribution in [3.63, 3.8) is 0 Å². The first-order valence-corrected chi connectivity index (χ1v) is 9.46. The highest BCUT2D eigenvalue weighted by molar-refractivity contribution is 7.99. The van der Waals surface area contributed by atoms with Crippen LogP contribution in [-0.4, -0.2) is 40.6 Å². The minimum atomic E-state index is -0.383. The zero-order chi connectivity index (χ0) is 19.0. The third kappa shape index (κ3) is 3.65. The molecule has 27 heavy (non-hydrogen) atoms. The molecule has 1 aliphatic carbocycles. The van der Waals surface area contributed by atoms with Crippen LogP contribution in [0.25, 0.3) is 10.9 Å². The quantitative estimate of drug-likeness (QED) is 0.198. The van der Waals surface area contributed by atoms with E-state index in [-0.39, 0.29) is 29.1 Å². The second kappa shape index (κ2) is 7.03. The highest BCUT2D eigenvalue weighted by Gasteiger charge is 2.28. The maximum atomic E-state index is 12.8. The van der Waals surface area contributed by atoms with E-state index in [0.29, 0.717) is 16.1 Å². The van der Waals surface area contributed by atoms with Crippen LogP contribution in [0.15, 0.2) is 49.9 Å². The van der Waals surface area contributed by atoms with Crippen molar-refractivity contribution in [1.82, 2.24) is 14.8 Å². The fourth-order valence-electron chi connectivity index (χ4n) is 2.63. The minimum absolute atomic E-state index is 0.0557. The van der Waals surface area contributed by atoms with Crippen molar-refractivity contribution >= 4 is 34.4 Å². The zero-order valence-electron chi connectivity index (χ0n) is 14.9. The van der Waals surface area contributed by atoms with Gasteiger partial charge in [0.05, 0.1) is 29.8 Å². The van der Waals surface area contributed by atoms with E-state index in [1.165, 1.54) is 22.7 Å². The molecule has 0 N–H and O–H groups in total. The molecule has 0 bridgehead atoms. The van der Waals surface area contributed by atoms with E-state index < -0.39 is 0 Å². The van der Waals surface area contributed by atoms with Crippen LogP contribution in [0, 0.1) is 0 Å². The van der Waals surface area contributed by atoms with Crippen LogP contribution in [0.2, 0.25) is 0 Å². The standard InChI is InChI=1S/C17H18N6O3S/c1-21(2)22-9-15(26-20-22)19-14(24)10-27-17-18-13-6-4-3-5-12(13)16(25)23(17)11-7-8-11/h3-6,9,11H,7-8,10H2,1-2H3. The van der Waals surface area contributed by atoms with Gasteiger partial charge in [0.15, 0.2) is 5.16 Å². The molecule has 3 aromatic rings. The summed E-state index contributed by atoms with van der Waals surface area (Å²) in [7, 11) is 3.57. The van der Waals surface area contributed by atoms with E-state index in [0.717, 1.165) is 12.8 Å². The number of thioether (sulfide) groups is 1. The van der Waals surface area contributed by atoms with Gasteiger partial charge >= 0.3 is 5.88 Å². The fraction of sp³-hybridized carbons (Fsp3) is 0.353. The normalized spacial score (nSPS) is 14.7. The van der Waals surface area contributed by atoms with E-state index >= 15 is 0 Å². The summed E-state index contributed by atoms with van der Waals surface area (Å²) in [6.45, 7) is 0. The van der Waals surface area contributed by atoms with E-state index in [1.807, 2.05) is 12.1 Å². The Hall–Kier alpha value is -2.88. The molecular weight excluding hydrogens is 368 g/mol. The second-order valence-corrected chi connectivity index (χ2v) is 7.36. The molecule has 2 heterocycles. The number of para-hydroxylation sites is 1. The van der Waals surface area contributed by atoms with Crippen LogP contribution in [0.4, 0.5) is 5.88 Å². The molecule has 10 heteroatoms. The first-order chi connectivity index (χ1) is 13.0. The summed E-state index contributed by atoms with van der Waals surface area (Å²) in [5.41, 5.74) is 0.575. The summed E-state index contributed by atoms with van der Waals surface area (Å²) < 4.78 is 6.70. The van der Waals surface area contributed by atoms with Gasteiger partial charge in [-0.1, -0.05) is 23.9 Å². The Balaban J connectivity index is 1.58. The first-order valence-electron chi connectivity index (χ1n) is 8.48. The van der Waals surface area contributed by atoms with Gasteiger partial charge in [-0.2, -0.15) is 5.01 Å². The third-order valence-electron chi connectivity index (χ3n) is 4.10. The maximum Gasteiger partial charge on any atom is 0.324 e. The largest absolute Gasteiger partial charge is 0.861 e.